The third-order valence-electron chi connectivity index (χ3n) is 8.90. The summed E-state index contributed by atoms with van der Waals surface area (Å²) in [5.41, 5.74) is 0.0847. The van der Waals surface area contributed by atoms with E-state index in [-0.39, 0.29) is 54.8 Å². The minimum Gasteiger partial charge on any atom is -0.323 e. The van der Waals surface area contributed by atoms with Crippen LogP contribution in [0.1, 0.15) is 55.8 Å². The number of rotatable bonds is 5. The van der Waals surface area contributed by atoms with Crippen LogP contribution in [-0.2, 0) is 29.7 Å². The monoisotopic (exact) mass is 726 g/mol. The highest BCUT2D eigenvalue weighted by atomic mass is 35.5. The van der Waals surface area contributed by atoms with Gasteiger partial charge in [-0.25, -0.2) is 0 Å². The second kappa shape index (κ2) is 11.6. The number of halogens is 2. The lowest BCUT2D eigenvalue weighted by atomic mass is 9.76. The minimum absolute atomic E-state index is 0.00547. The molecule has 0 bridgehead atoms. The van der Waals surface area contributed by atoms with E-state index >= 15 is 0 Å². The Hall–Kier alpha value is -4.44. The van der Waals surface area contributed by atoms with Gasteiger partial charge in [-0.05, 0) is 45.5 Å². The van der Waals surface area contributed by atoms with E-state index in [0.717, 1.165) is 0 Å². The number of carbonyl (C=O) groups is 2. The molecule has 0 radical (unpaired) electrons. The Morgan fingerprint density at radius 1 is 0.583 bits per heavy atom. The molecule has 6 N–H and O–H groups in total. The van der Waals surface area contributed by atoms with Gasteiger partial charge in [-0.3, -0.25) is 18.7 Å². The summed E-state index contributed by atoms with van der Waals surface area (Å²) in [6.07, 6.45) is -1.18. The van der Waals surface area contributed by atoms with Crippen LogP contribution in [0.5, 0.6) is 0 Å². The molecule has 4 aromatic rings. The van der Waals surface area contributed by atoms with Crippen molar-refractivity contribution in [1.82, 2.24) is 0 Å². The van der Waals surface area contributed by atoms with Crippen molar-refractivity contribution in [1.29, 1.82) is 0 Å². The standard InChI is InChI=1S/C32H24Cl2N4O8S2/c33-25-13-17(9-11-23(25)31(47(41,42)43)15-27(37-35)29(39)19-5-1-3-7-21(19)31)18-10-12-24(26(34)14-18)32(48(44,45)46)16-28(38-36)30(40)20-6-2-4-8-22(20)32/h1-14H,15-16,35-36H2,(H,41,42,43)(H,44,45,46)/b37-27-,38-28+. The second-order valence-corrected chi connectivity index (χ2v) is 15.4. The fraction of sp³-hybridized carbons (Fsp3) is 0.125. The van der Waals surface area contributed by atoms with Crippen LogP contribution in [0.15, 0.2) is 95.1 Å². The molecule has 6 rings (SSSR count). The summed E-state index contributed by atoms with van der Waals surface area (Å²) >= 11 is 13.5. The Bertz CT molecular complexity index is 2200. The van der Waals surface area contributed by atoms with E-state index in [4.69, 9.17) is 34.9 Å². The molecule has 0 saturated heterocycles. The smallest absolute Gasteiger partial charge is 0.279 e. The van der Waals surface area contributed by atoms with E-state index in [1.165, 1.54) is 84.9 Å². The van der Waals surface area contributed by atoms with E-state index in [9.17, 15) is 35.5 Å². The number of ketones is 2. The third kappa shape index (κ3) is 4.78. The highest BCUT2D eigenvalue weighted by Crippen LogP contribution is 2.50. The molecule has 2 aliphatic rings. The highest BCUT2D eigenvalue weighted by molar-refractivity contribution is 7.87. The normalized spacial score (nSPS) is 22.8. The number of benzene rings is 4. The van der Waals surface area contributed by atoms with Crippen molar-refractivity contribution >= 4 is 66.4 Å². The Kier molecular flexibility index (Phi) is 8.10. The van der Waals surface area contributed by atoms with Crippen molar-refractivity contribution in [3.63, 3.8) is 0 Å². The first-order valence-electron chi connectivity index (χ1n) is 14.0. The largest absolute Gasteiger partial charge is 0.323 e. The van der Waals surface area contributed by atoms with Gasteiger partial charge in [0.05, 0.1) is 0 Å². The van der Waals surface area contributed by atoms with Crippen LogP contribution in [0.2, 0.25) is 10.0 Å². The maximum Gasteiger partial charge on any atom is 0.279 e. The summed E-state index contributed by atoms with van der Waals surface area (Å²) in [4.78, 5) is 26.0. The molecule has 48 heavy (non-hydrogen) atoms. The molecule has 12 nitrogen and oxygen atoms in total. The van der Waals surface area contributed by atoms with Crippen molar-refractivity contribution in [2.45, 2.75) is 22.3 Å². The van der Waals surface area contributed by atoms with Crippen molar-refractivity contribution in [2.75, 3.05) is 0 Å². The van der Waals surface area contributed by atoms with Gasteiger partial charge in [-0.2, -0.15) is 27.0 Å². The van der Waals surface area contributed by atoms with E-state index in [1.807, 2.05) is 0 Å². The number of hydrazone groups is 2. The minimum atomic E-state index is -5.02. The Labute approximate surface area is 284 Å². The van der Waals surface area contributed by atoms with Crippen LogP contribution >= 0.6 is 23.2 Å². The van der Waals surface area contributed by atoms with Crippen LogP contribution in [0, 0.1) is 0 Å². The lowest BCUT2D eigenvalue weighted by Gasteiger charge is -2.37. The molecule has 0 fully saturated rings. The Morgan fingerprint density at radius 3 is 1.25 bits per heavy atom. The lowest BCUT2D eigenvalue weighted by Crippen LogP contribution is -2.46. The fourth-order valence-electron chi connectivity index (χ4n) is 6.67. The molecule has 2 aliphatic carbocycles. The van der Waals surface area contributed by atoms with Gasteiger partial charge in [-0.1, -0.05) is 96.0 Å². The summed E-state index contributed by atoms with van der Waals surface area (Å²) in [5, 5.41) is 6.79. The molecule has 0 heterocycles. The maximum absolute atomic E-state index is 13.2. The van der Waals surface area contributed by atoms with Crippen LogP contribution in [-0.4, -0.2) is 48.9 Å². The van der Waals surface area contributed by atoms with E-state index in [1.54, 1.807) is 0 Å². The zero-order chi connectivity index (χ0) is 34.8. The first-order valence-corrected chi connectivity index (χ1v) is 17.6. The van der Waals surface area contributed by atoms with E-state index < -0.39 is 54.1 Å². The molecule has 0 aliphatic heterocycles. The summed E-state index contributed by atoms with van der Waals surface area (Å²) in [5.74, 6) is 9.74. The SMILES string of the molecule is N/N=C1/CC(c2ccc(-c3ccc(C4(S(=O)(=O)O)C/C(=N\N)C(=O)c5ccccc54)c(Cl)c3)cc2Cl)(S(=O)(=O)O)c2ccccc2C1=O. The molecule has 0 amide bonds. The van der Waals surface area contributed by atoms with Crippen LogP contribution in [0.25, 0.3) is 11.1 Å². The summed E-state index contributed by atoms with van der Waals surface area (Å²) < 4.78 is 69.7. The molecule has 0 saturated carbocycles. The van der Waals surface area contributed by atoms with Crippen LogP contribution in [0.3, 0.4) is 0 Å². The van der Waals surface area contributed by atoms with Crippen LogP contribution < -0.4 is 11.7 Å². The van der Waals surface area contributed by atoms with E-state index in [0.29, 0.717) is 11.1 Å². The summed E-state index contributed by atoms with van der Waals surface area (Å²) in [6, 6.07) is 20.3. The molecular weight excluding hydrogens is 703 g/mol. The summed E-state index contributed by atoms with van der Waals surface area (Å²) in [6.45, 7) is 0. The molecule has 0 aromatic heterocycles. The zero-order valence-electron chi connectivity index (χ0n) is 24.5. The molecule has 16 heteroatoms. The predicted molar refractivity (Wildman–Crippen MR) is 181 cm³/mol. The fourth-order valence-corrected chi connectivity index (χ4v) is 9.93. The first-order chi connectivity index (χ1) is 22.6. The van der Waals surface area contributed by atoms with Gasteiger partial charge >= 0.3 is 0 Å². The number of nitrogens with two attached hydrogens (primary N) is 2. The van der Waals surface area contributed by atoms with Crippen molar-refractivity contribution in [3.05, 3.63) is 128 Å². The second-order valence-electron chi connectivity index (χ2n) is 11.2. The number of Topliss-reactive ketones (excluding diaryl/α,β-unsaturated/α-hetero) is 2. The van der Waals surface area contributed by atoms with Gasteiger partial charge in [0.2, 0.25) is 11.6 Å². The van der Waals surface area contributed by atoms with E-state index in [2.05, 4.69) is 10.2 Å². The van der Waals surface area contributed by atoms with Gasteiger partial charge in [0.15, 0.2) is 9.49 Å². The topological polar surface area (TPSA) is 220 Å². The number of hydrogen-bond donors (Lipinski definition) is 4. The number of nitrogens with zero attached hydrogens (tertiary/aromatic N) is 2. The molecule has 2 unspecified atom stereocenters. The van der Waals surface area contributed by atoms with Gasteiger partial charge in [-0.15, -0.1) is 0 Å². The van der Waals surface area contributed by atoms with Crippen molar-refractivity contribution in [3.8, 4) is 11.1 Å². The van der Waals surface area contributed by atoms with Gasteiger partial charge in [0.1, 0.15) is 11.4 Å². The van der Waals surface area contributed by atoms with Gasteiger partial charge < -0.3 is 11.7 Å². The zero-order valence-corrected chi connectivity index (χ0v) is 27.6. The summed E-state index contributed by atoms with van der Waals surface area (Å²) in [7, 11) is -10.0. The maximum atomic E-state index is 13.2. The van der Waals surface area contributed by atoms with Gasteiger partial charge in [0.25, 0.3) is 20.2 Å². The number of hydrogen-bond acceptors (Lipinski definition) is 10. The third-order valence-corrected chi connectivity index (χ3v) is 12.5. The molecule has 0 spiro atoms. The molecule has 246 valence electrons. The Balaban J connectivity index is 1.51. The Morgan fingerprint density at radius 2 is 0.938 bits per heavy atom. The average Bonchev–Trinajstić information content (AvgIpc) is 3.05. The van der Waals surface area contributed by atoms with Gasteiger partial charge in [0, 0.05) is 34.0 Å². The van der Waals surface area contributed by atoms with Crippen molar-refractivity contribution in [2.24, 2.45) is 21.9 Å². The molecule has 4 aromatic carbocycles. The average molecular weight is 728 g/mol. The quantitative estimate of drug-likeness (QED) is 0.126. The highest BCUT2D eigenvalue weighted by Gasteiger charge is 2.55. The number of carbonyl (C=O) groups excluding carboxylic acids is 2. The lowest BCUT2D eigenvalue weighted by molar-refractivity contribution is 0.105. The van der Waals surface area contributed by atoms with Crippen molar-refractivity contribution < 1.29 is 35.5 Å². The molecular formula is C32H24Cl2N4O8S2. The first kappa shape index (κ1) is 33.5. The molecule has 2 atom stereocenters. The van der Waals surface area contributed by atoms with Crippen LogP contribution in [0.4, 0.5) is 0 Å². The predicted octanol–water partition coefficient (Wildman–Crippen LogP) is 4.73. The number of fused-ring (bicyclic) bond motifs is 2.